The van der Waals surface area contributed by atoms with Crippen molar-refractivity contribution < 1.29 is 0 Å². The highest BCUT2D eigenvalue weighted by Gasteiger charge is 2.26. The SMILES string of the molecule is Cc1nc(Nc2nccs2)cc([C@H]2CCCCN2Cc2cncs2)n1. The van der Waals surface area contributed by atoms with Crippen molar-refractivity contribution in [3.05, 3.63) is 45.7 Å². The summed E-state index contributed by atoms with van der Waals surface area (Å²) >= 11 is 3.29. The van der Waals surface area contributed by atoms with Crippen molar-refractivity contribution >= 4 is 33.6 Å². The van der Waals surface area contributed by atoms with Crippen LogP contribution < -0.4 is 5.32 Å². The predicted molar refractivity (Wildman–Crippen MR) is 101 cm³/mol. The van der Waals surface area contributed by atoms with E-state index < -0.39 is 0 Å². The summed E-state index contributed by atoms with van der Waals surface area (Å²) in [5.74, 6) is 1.61. The van der Waals surface area contributed by atoms with E-state index in [-0.39, 0.29) is 0 Å². The molecule has 8 heteroatoms. The van der Waals surface area contributed by atoms with Gasteiger partial charge in [0.2, 0.25) is 0 Å². The minimum atomic E-state index is 0.328. The van der Waals surface area contributed by atoms with Crippen LogP contribution in [0.4, 0.5) is 10.9 Å². The second kappa shape index (κ2) is 7.55. The second-order valence-electron chi connectivity index (χ2n) is 6.14. The van der Waals surface area contributed by atoms with Gasteiger partial charge in [-0.05, 0) is 26.3 Å². The molecule has 0 amide bonds. The molecule has 0 unspecified atom stereocenters. The second-order valence-corrected chi connectivity index (χ2v) is 8.00. The van der Waals surface area contributed by atoms with Crippen LogP contribution in [0.5, 0.6) is 0 Å². The van der Waals surface area contributed by atoms with Crippen molar-refractivity contribution in [1.29, 1.82) is 0 Å². The summed E-state index contributed by atoms with van der Waals surface area (Å²) in [6.07, 6.45) is 7.37. The number of hydrogen-bond acceptors (Lipinski definition) is 8. The van der Waals surface area contributed by atoms with Crippen LogP contribution in [0.25, 0.3) is 0 Å². The number of hydrogen-bond donors (Lipinski definition) is 1. The lowest BCUT2D eigenvalue weighted by molar-refractivity contribution is 0.138. The van der Waals surface area contributed by atoms with E-state index in [1.54, 1.807) is 28.9 Å². The molecular formula is C17H20N6S2. The number of nitrogens with one attached hydrogen (secondary N) is 1. The molecule has 1 fully saturated rings. The maximum Gasteiger partial charge on any atom is 0.188 e. The number of thiazole rings is 2. The number of nitrogens with zero attached hydrogens (tertiary/aromatic N) is 5. The smallest absolute Gasteiger partial charge is 0.188 e. The zero-order valence-corrected chi connectivity index (χ0v) is 15.7. The molecule has 25 heavy (non-hydrogen) atoms. The number of likely N-dealkylation sites (tertiary alicyclic amines) is 1. The molecule has 4 rings (SSSR count). The van der Waals surface area contributed by atoms with Gasteiger partial charge in [0.05, 0.1) is 17.2 Å². The molecule has 1 aliphatic rings. The minimum Gasteiger partial charge on any atom is -0.316 e. The highest BCUT2D eigenvalue weighted by molar-refractivity contribution is 7.13. The van der Waals surface area contributed by atoms with Crippen molar-refractivity contribution in [2.75, 3.05) is 11.9 Å². The molecule has 6 nitrogen and oxygen atoms in total. The van der Waals surface area contributed by atoms with Crippen LogP contribution in [0.2, 0.25) is 0 Å². The molecule has 0 spiro atoms. The standard InChI is InChI=1S/C17H20N6S2/c1-12-20-14(8-16(21-12)22-17-19-5-7-24-17)15-4-2-3-6-23(15)10-13-9-18-11-25-13/h5,7-9,11,15H,2-4,6,10H2,1H3,(H,19,20,21,22)/t15-/m1/s1. The van der Waals surface area contributed by atoms with Gasteiger partial charge in [0.25, 0.3) is 0 Å². The summed E-state index contributed by atoms with van der Waals surface area (Å²) in [5, 5.41) is 6.10. The van der Waals surface area contributed by atoms with Crippen LogP contribution in [0.15, 0.2) is 29.4 Å². The van der Waals surface area contributed by atoms with E-state index in [1.807, 2.05) is 24.0 Å². The number of aryl methyl sites for hydroxylation is 1. The molecule has 0 aliphatic carbocycles. The van der Waals surface area contributed by atoms with Crippen LogP contribution in [0, 0.1) is 6.92 Å². The molecule has 1 N–H and O–H groups in total. The fourth-order valence-electron chi connectivity index (χ4n) is 3.26. The summed E-state index contributed by atoms with van der Waals surface area (Å²) in [4.78, 5) is 21.6. The molecule has 1 saturated heterocycles. The molecule has 3 aromatic heterocycles. The zero-order chi connectivity index (χ0) is 17.1. The molecule has 0 aromatic carbocycles. The Balaban J connectivity index is 1.58. The molecule has 0 bridgehead atoms. The third kappa shape index (κ3) is 4.02. The van der Waals surface area contributed by atoms with Crippen molar-refractivity contribution in [2.45, 2.75) is 38.8 Å². The van der Waals surface area contributed by atoms with E-state index in [4.69, 9.17) is 4.98 Å². The monoisotopic (exact) mass is 372 g/mol. The molecule has 3 aromatic rings. The van der Waals surface area contributed by atoms with Crippen molar-refractivity contribution in [3.8, 4) is 0 Å². The Bertz CT molecular complexity index is 803. The van der Waals surface area contributed by atoms with Crippen molar-refractivity contribution in [3.63, 3.8) is 0 Å². The van der Waals surface area contributed by atoms with Crippen LogP contribution >= 0.6 is 22.7 Å². The van der Waals surface area contributed by atoms with E-state index in [2.05, 4.69) is 31.2 Å². The lowest BCUT2D eigenvalue weighted by Gasteiger charge is -2.35. The lowest BCUT2D eigenvalue weighted by atomic mass is 9.99. The third-order valence-electron chi connectivity index (χ3n) is 4.32. The van der Waals surface area contributed by atoms with Gasteiger partial charge in [-0.25, -0.2) is 15.0 Å². The Morgan fingerprint density at radius 2 is 2.24 bits per heavy atom. The molecule has 0 radical (unpaired) electrons. The fourth-order valence-corrected chi connectivity index (χ4v) is 4.41. The molecule has 1 atom stereocenters. The molecule has 0 saturated carbocycles. The van der Waals surface area contributed by atoms with Gasteiger partial charge in [-0.2, -0.15) is 0 Å². The highest BCUT2D eigenvalue weighted by Crippen LogP contribution is 2.33. The predicted octanol–water partition coefficient (Wildman–Crippen LogP) is 4.17. The van der Waals surface area contributed by atoms with Gasteiger partial charge in [-0.1, -0.05) is 6.42 Å². The maximum atomic E-state index is 4.74. The van der Waals surface area contributed by atoms with Gasteiger partial charge in [0, 0.05) is 35.3 Å². The fraction of sp³-hybridized carbons (Fsp3) is 0.412. The average molecular weight is 373 g/mol. The number of rotatable bonds is 5. The van der Waals surface area contributed by atoms with E-state index in [0.29, 0.717) is 6.04 Å². The van der Waals surface area contributed by atoms with Gasteiger partial charge < -0.3 is 5.32 Å². The first-order chi connectivity index (χ1) is 12.3. The van der Waals surface area contributed by atoms with Gasteiger partial charge in [-0.15, -0.1) is 22.7 Å². The maximum absolute atomic E-state index is 4.74. The zero-order valence-electron chi connectivity index (χ0n) is 14.1. The number of piperidine rings is 1. The summed E-state index contributed by atoms with van der Waals surface area (Å²) in [7, 11) is 0. The van der Waals surface area contributed by atoms with E-state index in [1.165, 1.54) is 17.7 Å². The normalized spacial score (nSPS) is 18.4. The minimum absolute atomic E-state index is 0.328. The molecule has 4 heterocycles. The third-order valence-corrected chi connectivity index (χ3v) is 5.78. The largest absolute Gasteiger partial charge is 0.316 e. The Morgan fingerprint density at radius 1 is 1.28 bits per heavy atom. The molecule has 1 aliphatic heterocycles. The summed E-state index contributed by atoms with van der Waals surface area (Å²) in [6.45, 7) is 3.99. The van der Waals surface area contributed by atoms with Crippen LogP contribution in [0.3, 0.4) is 0 Å². The van der Waals surface area contributed by atoms with Crippen molar-refractivity contribution in [1.82, 2.24) is 24.8 Å². The van der Waals surface area contributed by atoms with E-state index >= 15 is 0 Å². The van der Waals surface area contributed by atoms with Gasteiger partial charge in [0.15, 0.2) is 5.13 Å². The molecule has 130 valence electrons. The van der Waals surface area contributed by atoms with Crippen molar-refractivity contribution in [2.24, 2.45) is 0 Å². The van der Waals surface area contributed by atoms with Crippen LogP contribution in [0.1, 0.15) is 41.7 Å². The molecular weight excluding hydrogens is 352 g/mol. The summed E-state index contributed by atoms with van der Waals surface area (Å²) < 4.78 is 0. The quantitative estimate of drug-likeness (QED) is 0.725. The Labute approximate surface area is 155 Å². The highest BCUT2D eigenvalue weighted by atomic mass is 32.1. The van der Waals surface area contributed by atoms with Gasteiger partial charge in [0.1, 0.15) is 11.6 Å². The van der Waals surface area contributed by atoms with E-state index in [9.17, 15) is 0 Å². The number of aromatic nitrogens is 4. The Kier molecular flexibility index (Phi) is 5.00. The first kappa shape index (κ1) is 16.6. The van der Waals surface area contributed by atoms with Crippen LogP contribution in [-0.4, -0.2) is 31.4 Å². The number of anilines is 2. The van der Waals surface area contributed by atoms with Crippen LogP contribution in [-0.2, 0) is 6.54 Å². The first-order valence-corrected chi connectivity index (χ1v) is 10.2. The summed E-state index contributed by atoms with van der Waals surface area (Å²) in [5.41, 5.74) is 3.00. The van der Waals surface area contributed by atoms with Gasteiger partial charge >= 0.3 is 0 Å². The summed E-state index contributed by atoms with van der Waals surface area (Å²) in [6, 6.07) is 2.40. The van der Waals surface area contributed by atoms with E-state index in [0.717, 1.165) is 42.0 Å². The Hall–Kier alpha value is -1.90. The lowest BCUT2D eigenvalue weighted by Crippen LogP contribution is -2.33. The Morgan fingerprint density at radius 3 is 3.04 bits per heavy atom. The van der Waals surface area contributed by atoms with Gasteiger partial charge in [-0.3, -0.25) is 9.88 Å². The average Bonchev–Trinajstić information content (AvgIpc) is 3.29. The first-order valence-electron chi connectivity index (χ1n) is 8.41. The topological polar surface area (TPSA) is 66.8 Å².